The number of epoxide rings is 1. The van der Waals surface area contributed by atoms with E-state index in [-0.39, 0.29) is 6.23 Å². The van der Waals surface area contributed by atoms with Gasteiger partial charge < -0.3 is 10.1 Å². The molecule has 0 spiro atoms. The lowest BCUT2D eigenvalue weighted by atomic mass is 10.2. The monoisotopic (exact) mass is 160 g/mol. The minimum Gasteiger partial charge on any atom is -0.358 e. The minimum absolute atomic E-state index is 0.179. The fourth-order valence-corrected chi connectivity index (χ4v) is 0.958. The summed E-state index contributed by atoms with van der Waals surface area (Å²) in [6, 6.07) is 9.38. The van der Waals surface area contributed by atoms with Crippen LogP contribution in [-0.2, 0) is 4.74 Å². The van der Waals surface area contributed by atoms with Crippen molar-refractivity contribution in [2.24, 2.45) is 0 Å². The minimum atomic E-state index is 0.179. The Bertz CT molecular complexity index is 308. The van der Waals surface area contributed by atoms with Crippen molar-refractivity contribution in [3.05, 3.63) is 29.8 Å². The molecule has 3 heteroatoms. The quantitative estimate of drug-likeness (QED) is 0.664. The highest BCUT2D eigenvalue weighted by molar-refractivity contribution is 5.47. The summed E-state index contributed by atoms with van der Waals surface area (Å²) in [6.07, 6.45) is 0.179. The molecule has 1 fully saturated rings. The summed E-state index contributed by atoms with van der Waals surface area (Å²) in [5.74, 6) is 0. The first kappa shape index (κ1) is 7.14. The maximum atomic E-state index is 8.53. The number of hydrogen-bond acceptors (Lipinski definition) is 3. The number of benzene rings is 1. The highest BCUT2D eigenvalue weighted by Gasteiger charge is 2.21. The van der Waals surface area contributed by atoms with Crippen LogP contribution in [-0.4, -0.2) is 12.8 Å². The van der Waals surface area contributed by atoms with Gasteiger partial charge in [-0.1, -0.05) is 0 Å². The van der Waals surface area contributed by atoms with Crippen LogP contribution in [0, 0.1) is 11.3 Å². The smallest absolute Gasteiger partial charge is 0.151 e. The lowest BCUT2D eigenvalue weighted by Crippen LogP contribution is -2.01. The Morgan fingerprint density at radius 3 is 2.58 bits per heavy atom. The van der Waals surface area contributed by atoms with Crippen LogP contribution in [0.2, 0.25) is 0 Å². The molecule has 0 aromatic heterocycles. The lowest BCUT2D eigenvalue weighted by Gasteiger charge is -2.00. The fraction of sp³-hybridized carbons (Fsp3) is 0.222. The van der Waals surface area contributed by atoms with Crippen molar-refractivity contribution in [1.29, 1.82) is 5.26 Å². The van der Waals surface area contributed by atoms with Crippen molar-refractivity contribution in [2.45, 2.75) is 6.23 Å². The molecule has 0 bridgehead atoms. The Morgan fingerprint density at radius 1 is 1.42 bits per heavy atom. The molecule has 1 saturated heterocycles. The molecule has 1 aromatic carbocycles. The number of nitrogens with zero attached hydrogens (tertiary/aromatic N) is 1. The van der Waals surface area contributed by atoms with E-state index in [1.807, 2.05) is 12.1 Å². The second-order valence-corrected chi connectivity index (χ2v) is 2.66. The van der Waals surface area contributed by atoms with Crippen molar-refractivity contribution < 1.29 is 4.74 Å². The maximum absolute atomic E-state index is 8.53. The van der Waals surface area contributed by atoms with Gasteiger partial charge in [-0.3, -0.25) is 0 Å². The molecule has 0 aliphatic carbocycles. The lowest BCUT2D eigenvalue weighted by molar-refractivity contribution is 0.428. The van der Waals surface area contributed by atoms with Gasteiger partial charge >= 0.3 is 0 Å². The second-order valence-electron chi connectivity index (χ2n) is 2.66. The van der Waals surface area contributed by atoms with Gasteiger partial charge in [0, 0.05) is 5.69 Å². The van der Waals surface area contributed by atoms with E-state index < -0.39 is 0 Å². The van der Waals surface area contributed by atoms with E-state index in [1.165, 1.54) is 0 Å². The first-order valence-electron chi connectivity index (χ1n) is 3.77. The Hall–Kier alpha value is -1.53. The number of rotatable bonds is 2. The van der Waals surface area contributed by atoms with Crippen molar-refractivity contribution in [3.63, 3.8) is 0 Å². The third-order valence-corrected chi connectivity index (χ3v) is 1.67. The van der Waals surface area contributed by atoms with Crippen LogP contribution in [0.5, 0.6) is 0 Å². The van der Waals surface area contributed by atoms with E-state index in [0.29, 0.717) is 5.56 Å². The van der Waals surface area contributed by atoms with Crippen LogP contribution in [0.1, 0.15) is 5.56 Å². The Balaban J connectivity index is 2.08. The normalized spacial score (nSPS) is 19.8. The molecule has 0 amide bonds. The molecular formula is C9H8N2O. The van der Waals surface area contributed by atoms with Crippen LogP contribution in [0.4, 0.5) is 5.69 Å². The Labute approximate surface area is 70.6 Å². The fourth-order valence-electron chi connectivity index (χ4n) is 0.958. The summed E-state index contributed by atoms with van der Waals surface area (Å²) in [5, 5.41) is 11.7. The summed E-state index contributed by atoms with van der Waals surface area (Å²) in [7, 11) is 0. The molecular weight excluding hydrogens is 152 g/mol. The van der Waals surface area contributed by atoms with Gasteiger partial charge in [0.15, 0.2) is 6.23 Å². The summed E-state index contributed by atoms with van der Waals surface area (Å²) in [6.45, 7) is 0.778. The summed E-state index contributed by atoms with van der Waals surface area (Å²) < 4.78 is 4.99. The zero-order chi connectivity index (χ0) is 8.39. The predicted molar refractivity (Wildman–Crippen MR) is 44.5 cm³/mol. The van der Waals surface area contributed by atoms with Crippen LogP contribution in [0.3, 0.4) is 0 Å². The molecule has 0 saturated carbocycles. The summed E-state index contributed by atoms with van der Waals surface area (Å²) in [5.41, 5.74) is 1.67. The maximum Gasteiger partial charge on any atom is 0.151 e. The van der Waals surface area contributed by atoms with Gasteiger partial charge in [-0.2, -0.15) is 5.26 Å². The van der Waals surface area contributed by atoms with E-state index in [1.54, 1.807) is 12.1 Å². The van der Waals surface area contributed by atoms with Crippen LogP contribution in [0.25, 0.3) is 0 Å². The third-order valence-electron chi connectivity index (χ3n) is 1.67. The van der Waals surface area contributed by atoms with Gasteiger partial charge in [-0.15, -0.1) is 0 Å². The Morgan fingerprint density at radius 2 is 2.08 bits per heavy atom. The van der Waals surface area contributed by atoms with Crippen LogP contribution in [0.15, 0.2) is 24.3 Å². The zero-order valence-corrected chi connectivity index (χ0v) is 6.45. The molecule has 1 aromatic rings. The molecule has 1 heterocycles. The van der Waals surface area contributed by atoms with Crippen molar-refractivity contribution in [1.82, 2.24) is 0 Å². The first-order valence-corrected chi connectivity index (χ1v) is 3.77. The number of ether oxygens (including phenoxy) is 1. The van der Waals surface area contributed by atoms with Crippen molar-refractivity contribution in [3.8, 4) is 6.07 Å². The van der Waals surface area contributed by atoms with Crippen molar-refractivity contribution >= 4 is 5.69 Å². The van der Waals surface area contributed by atoms with E-state index in [4.69, 9.17) is 10.00 Å². The molecule has 1 unspecified atom stereocenters. The predicted octanol–water partition coefficient (Wildman–Crippen LogP) is 1.33. The molecule has 0 radical (unpaired) electrons. The van der Waals surface area contributed by atoms with Gasteiger partial charge in [-0.05, 0) is 24.3 Å². The number of nitriles is 1. The van der Waals surface area contributed by atoms with Gasteiger partial charge in [0.25, 0.3) is 0 Å². The van der Waals surface area contributed by atoms with E-state index in [2.05, 4.69) is 11.4 Å². The third kappa shape index (κ3) is 1.55. The van der Waals surface area contributed by atoms with Crippen LogP contribution < -0.4 is 5.32 Å². The summed E-state index contributed by atoms with van der Waals surface area (Å²) >= 11 is 0. The molecule has 1 atom stereocenters. The molecule has 60 valence electrons. The van der Waals surface area contributed by atoms with E-state index in [9.17, 15) is 0 Å². The molecule has 2 rings (SSSR count). The topological polar surface area (TPSA) is 48.4 Å². The van der Waals surface area contributed by atoms with Crippen molar-refractivity contribution in [2.75, 3.05) is 11.9 Å². The molecule has 1 aliphatic heterocycles. The Kier molecular flexibility index (Phi) is 1.69. The van der Waals surface area contributed by atoms with Gasteiger partial charge in [0.2, 0.25) is 0 Å². The summed E-state index contributed by atoms with van der Waals surface area (Å²) in [4.78, 5) is 0. The number of anilines is 1. The molecule has 1 N–H and O–H groups in total. The zero-order valence-electron chi connectivity index (χ0n) is 6.45. The first-order chi connectivity index (χ1) is 5.88. The van der Waals surface area contributed by atoms with E-state index >= 15 is 0 Å². The highest BCUT2D eigenvalue weighted by atomic mass is 16.6. The average molecular weight is 160 g/mol. The van der Waals surface area contributed by atoms with Gasteiger partial charge in [0.05, 0.1) is 18.2 Å². The second kappa shape index (κ2) is 2.84. The molecule has 1 aliphatic rings. The SMILES string of the molecule is N#Cc1ccc(NC2CO2)cc1. The van der Waals surface area contributed by atoms with Crippen LogP contribution >= 0.6 is 0 Å². The van der Waals surface area contributed by atoms with E-state index in [0.717, 1.165) is 12.3 Å². The molecule has 3 nitrogen and oxygen atoms in total. The number of hydrogen-bond donors (Lipinski definition) is 1. The largest absolute Gasteiger partial charge is 0.358 e. The standard InChI is InChI=1S/C9H8N2O/c10-5-7-1-3-8(4-2-7)11-9-6-12-9/h1-4,9,11H,6H2. The molecule has 12 heavy (non-hydrogen) atoms. The average Bonchev–Trinajstić information content (AvgIpc) is 2.90. The van der Waals surface area contributed by atoms with Gasteiger partial charge in [-0.25, -0.2) is 0 Å². The van der Waals surface area contributed by atoms with Gasteiger partial charge in [0.1, 0.15) is 0 Å². The highest BCUT2D eigenvalue weighted by Crippen LogP contribution is 2.15. The number of nitrogens with one attached hydrogen (secondary N) is 1.